The molecule has 10 aromatic carbocycles. The molecular formula is C71H54BN5O2. The van der Waals surface area contributed by atoms with Crippen LogP contribution >= 0.6 is 0 Å². The monoisotopic (exact) mass is 1020 g/mol. The van der Waals surface area contributed by atoms with Crippen molar-refractivity contribution in [2.75, 3.05) is 0 Å². The molecule has 1 aliphatic heterocycles. The van der Waals surface area contributed by atoms with E-state index in [0.29, 0.717) is 17.5 Å². The molecule has 13 aromatic rings. The molecule has 0 N–H and O–H groups in total. The summed E-state index contributed by atoms with van der Waals surface area (Å²) in [5, 5.41) is 6.87. The minimum Gasteiger partial charge on any atom is -0.399 e. The first kappa shape index (κ1) is 49.1. The van der Waals surface area contributed by atoms with Gasteiger partial charge in [-0.25, -0.2) is 24.9 Å². The second kappa shape index (κ2) is 20.5. The van der Waals surface area contributed by atoms with Crippen LogP contribution in [0.2, 0.25) is 0 Å². The summed E-state index contributed by atoms with van der Waals surface area (Å²) in [6.45, 7) is 8.33. The van der Waals surface area contributed by atoms with Crippen LogP contribution in [0.15, 0.2) is 255 Å². The lowest BCUT2D eigenvalue weighted by molar-refractivity contribution is 0.00578. The van der Waals surface area contributed by atoms with Crippen molar-refractivity contribution in [2.24, 2.45) is 0 Å². The number of hydrogen-bond donors (Lipinski definition) is 0. The maximum Gasteiger partial charge on any atom is 0.494 e. The van der Waals surface area contributed by atoms with E-state index in [1.807, 2.05) is 72.8 Å². The Morgan fingerprint density at radius 1 is 0.291 bits per heavy atom. The third-order valence-corrected chi connectivity index (χ3v) is 15.4. The van der Waals surface area contributed by atoms with Crippen molar-refractivity contribution in [3.63, 3.8) is 0 Å². The predicted octanol–water partition coefficient (Wildman–Crippen LogP) is 16.9. The Hall–Kier alpha value is -9.47. The van der Waals surface area contributed by atoms with Crippen molar-refractivity contribution in [3.8, 4) is 78.9 Å². The molecule has 0 radical (unpaired) electrons. The van der Waals surface area contributed by atoms with Gasteiger partial charge in [-0.2, -0.15) is 0 Å². The summed E-state index contributed by atoms with van der Waals surface area (Å²) in [6.07, 6.45) is 0. The van der Waals surface area contributed by atoms with Gasteiger partial charge in [0, 0.05) is 60.1 Å². The lowest BCUT2D eigenvalue weighted by atomic mass is 9.78. The molecule has 0 amide bonds. The van der Waals surface area contributed by atoms with Gasteiger partial charge >= 0.3 is 7.12 Å². The molecule has 7 nitrogen and oxygen atoms in total. The van der Waals surface area contributed by atoms with Gasteiger partial charge in [0.25, 0.3) is 0 Å². The first-order chi connectivity index (χ1) is 38.7. The first-order valence-corrected chi connectivity index (χ1v) is 26.8. The van der Waals surface area contributed by atoms with E-state index in [0.717, 1.165) is 77.2 Å². The SMILES string of the molecule is CC1(C)OB(c2ccc3c(c2)nc(-c2ccccc2)c2cccc(-c4ccccc4)c23)OC1(C)C.c1ccc(-c2nc(-c3ccccc3)nc(-c3ccc4c(c3)nc(-c3ccccc3)c3cccc(-c5ccccc5)c34)n2)cc1. The summed E-state index contributed by atoms with van der Waals surface area (Å²) in [6, 6.07) is 87.9. The van der Waals surface area contributed by atoms with Crippen LogP contribution in [0.1, 0.15) is 27.7 Å². The van der Waals surface area contributed by atoms with Crippen LogP contribution in [0.4, 0.5) is 0 Å². The third kappa shape index (κ3) is 9.41. The molecule has 3 aromatic heterocycles. The van der Waals surface area contributed by atoms with E-state index in [9.17, 15) is 0 Å². The zero-order chi connectivity index (χ0) is 53.5. The van der Waals surface area contributed by atoms with Gasteiger partial charge in [-0.1, -0.05) is 243 Å². The largest absolute Gasteiger partial charge is 0.494 e. The maximum atomic E-state index is 6.34. The van der Waals surface area contributed by atoms with Crippen LogP contribution in [-0.2, 0) is 9.31 Å². The van der Waals surface area contributed by atoms with Gasteiger partial charge < -0.3 is 9.31 Å². The second-order valence-corrected chi connectivity index (χ2v) is 21.0. The lowest BCUT2D eigenvalue weighted by Gasteiger charge is -2.32. The molecule has 0 atom stereocenters. The van der Waals surface area contributed by atoms with Crippen LogP contribution in [0, 0.1) is 0 Å². The molecule has 1 fully saturated rings. The number of fused-ring (bicyclic) bond motifs is 6. The summed E-state index contributed by atoms with van der Waals surface area (Å²) in [4.78, 5) is 25.3. The van der Waals surface area contributed by atoms with Crippen LogP contribution in [0.3, 0.4) is 0 Å². The Bertz CT molecular complexity index is 4280. The summed E-state index contributed by atoms with van der Waals surface area (Å²) in [5.74, 6) is 1.88. The van der Waals surface area contributed by atoms with Gasteiger partial charge in [-0.05, 0) is 67.5 Å². The zero-order valence-corrected chi connectivity index (χ0v) is 44.4. The number of hydrogen-bond acceptors (Lipinski definition) is 7. The smallest absolute Gasteiger partial charge is 0.399 e. The lowest BCUT2D eigenvalue weighted by Crippen LogP contribution is -2.41. The maximum absolute atomic E-state index is 6.34. The molecule has 1 aliphatic rings. The molecule has 378 valence electrons. The fourth-order valence-corrected chi connectivity index (χ4v) is 10.7. The van der Waals surface area contributed by atoms with Crippen molar-refractivity contribution in [3.05, 3.63) is 255 Å². The van der Waals surface area contributed by atoms with Gasteiger partial charge in [0.2, 0.25) is 0 Å². The number of aromatic nitrogens is 5. The van der Waals surface area contributed by atoms with Gasteiger partial charge in [-0.3, -0.25) is 0 Å². The van der Waals surface area contributed by atoms with Crippen molar-refractivity contribution in [1.29, 1.82) is 0 Å². The average Bonchev–Trinajstić information content (AvgIpc) is 3.91. The van der Waals surface area contributed by atoms with E-state index >= 15 is 0 Å². The molecule has 0 saturated carbocycles. The van der Waals surface area contributed by atoms with Crippen LogP contribution < -0.4 is 5.46 Å². The highest BCUT2D eigenvalue weighted by atomic mass is 16.7. The first-order valence-electron chi connectivity index (χ1n) is 26.8. The highest BCUT2D eigenvalue weighted by Crippen LogP contribution is 2.42. The molecule has 0 unspecified atom stereocenters. The van der Waals surface area contributed by atoms with Gasteiger partial charge in [0.05, 0.1) is 33.6 Å². The van der Waals surface area contributed by atoms with Crippen LogP contribution in [0.25, 0.3) is 122 Å². The van der Waals surface area contributed by atoms with E-state index in [1.165, 1.54) is 33.0 Å². The Morgan fingerprint density at radius 3 is 1.06 bits per heavy atom. The zero-order valence-electron chi connectivity index (χ0n) is 44.4. The highest BCUT2D eigenvalue weighted by molar-refractivity contribution is 6.62. The van der Waals surface area contributed by atoms with Gasteiger partial charge in [0.1, 0.15) is 0 Å². The van der Waals surface area contributed by atoms with Crippen molar-refractivity contribution in [2.45, 2.75) is 38.9 Å². The molecule has 0 bridgehead atoms. The quantitative estimate of drug-likeness (QED) is 0.111. The Balaban J connectivity index is 0.000000154. The summed E-state index contributed by atoms with van der Waals surface area (Å²) in [7, 11) is -0.425. The number of nitrogens with zero attached hydrogens (tertiary/aromatic N) is 5. The molecular weight excluding hydrogens is 966 g/mol. The Labute approximate surface area is 460 Å². The summed E-state index contributed by atoms with van der Waals surface area (Å²) in [5.41, 5.74) is 13.7. The van der Waals surface area contributed by atoms with Crippen molar-refractivity contribution in [1.82, 2.24) is 24.9 Å². The molecule has 0 spiro atoms. The normalized spacial score (nSPS) is 13.6. The van der Waals surface area contributed by atoms with Gasteiger partial charge in [-0.15, -0.1) is 0 Å². The number of benzene rings is 10. The van der Waals surface area contributed by atoms with Gasteiger partial charge in [0.15, 0.2) is 17.5 Å². The summed E-state index contributed by atoms with van der Waals surface area (Å²) >= 11 is 0. The minimum atomic E-state index is -0.425. The van der Waals surface area contributed by atoms with Crippen LogP contribution in [0.5, 0.6) is 0 Å². The molecule has 79 heavy (non-hydrogen) atoms. The van der Waals surface area contributed by atoms with Crippen molar-refractivity contribution < 1.29 is 9.31 Å². The fraction of sp³-hybridized carbons (Fsp3) is 0.0845. The standard InChI is InChI=1S/C40H26N4.C31H28BNO2/c1-5-14-27(15-6-1)32-22-13-23-34-36(32)33-25-24-31(26-35(33)41-37(34)28-16-7-2-8-17-28)40-43-38(29-18-9-3-10-19-29)42-39(44-40)30-20-11-4-12-21-30;1-30(2)31(3,4)35-32(34-30)23-18-19-25-27(20-23)33-29(22-14-9-6-10-15-22)26-17-11-16-24(28(25)26)21-12-7-5-8-13-21/h1-26H;5-20H,1-4H3. The second-order valence-electron chi connectivity index (χ2n) is 21.0. The molecule has 1 saturated heterocycles. The van der Waals surface area contributed by atoms with Crippen molar-refractivity contribution >= 4 is 55.9 Å². The number of rotatable bonds is 8. The molecule has 0 aliphatic carbocycles. The topological polar surface area (TPSA) is 82.9 Å². The molecule has 4 heterocycles. The van der Waals surface area contributed by atoms with E-state index < -0.39 is 7.12 Å². The predicted molar refractivity (Wildman–Crippen MR) is 326 cm³/mol. The summed E-state index contributed by atoms with van der Waals surface area (Å²) < 4.78 is 12.7. The average molecular weight is 1020 g/mol. The Kier molecular flexibility index (Phi) is 12.7. The van der Waals surface area contributed by atoms with E-state index in [4.69, 9.17) is 34.2 Å². The van der Waals surface area contributed by atoms with E-state index in [1.54, 1.807) is 0 Å². The molecule has 14 rings (SSSR count). The molecule has 8 heteroatoms. The fourth-order valence-electron chi connectivity index (χ4n) is 10.7. The third-order valence-electron chi connectivity index (χ3n) is 15.4. The van der Waals surface area contributed by atoms with E-state index in [2.05, 4.69) is 210 Å². The Morgan fingerprint density at radius 2 is 0.646 bits per heavy atom. The highest BCUT2D eigenvalue weighted by Gasteiger charge is 2.51. The van der Waals surface area contributed by atoms with Crippen LogP contribution in [-0.4, -0.2) is 43.2 Å². The minimum absolute atomic E-state index is 0.390. The number of pyridine rings is 2. The van der Waals surface area contributed by atoms with E-state index in [-0.39, 0.29) is 11.2 Å².